The van der Waals surface area contributed by atoms with Gasteiger partial charge < -0.3 is 20.5 Å². The van der Waals surface area contributed by atoms with Gasteiger partial charge in [0.05, 0.1) is 24.4 Å². The number of nitrogens with zero attached hydrogens (tertiary/aromatic N) is 1. The number of alkyl halides is 3. The zero-order chi connectivity index (χ0) is 15.6. The molecule has 2 atom stereocenters. The normalized spacial score (nSPS) is 23.4. The van der Waals surface area contributed by atoms with Gasteiger partial charge in [-0.2, -0.15) is 13.2 Å². The van der Waals surface area contributed by atoms with Gasteiger partial charge in [0.15, 0.2) is 0 Å². The number of anilines is 1. The van der Waals surface area contributed by atoms with E-state index in [2.05, 4.69) is 0 Å². The van der Waals surface area contributed by atoms with Crippen molar-refractivity contribution in [1.29, 1.82) is 0 Å². The largest absolute Gasteiger partial charge is 0.416 e. The molecular weight excluding hydrogens is 285 g/mol. The van der Waals surface area contributed by atoms with Crippen molar-refractivity contribution in [1.82, 2.24) is 0 Å². The fourth-order valence-corrected chi connectivity index (χ4v) is 2.58. The number of benzene rings is 1. The van der Waals surface area contributed by atoms with E-state index < -0.39 is 11.7 Å². The van der Waals surface area contributed by atoms with Gasteiger partial charge in [0.1, 0.15) is 0 Å². The third kappa shape index (κ3) is 3.66. The third-order valence-electron chi connectivity index (χ3n) is 3.51. The standard InChI is InChI=1S/C14H19F3N2O2/c1-9-6-19(7-12(8-20)21-9)11-2-3-13(14(15,16)17)10(4-11)5-18/h2-4,9,12,20H,5-8,18H2,1H3. The maximum atomic E-state index is 12.9. The molecule has 21 heavy (non-hydrogen) atoms. The third-order valence-corrected chi connectivity index (χ3v) is 3.51. The lowest BCUT2D eigenvalue weighted by Crippen LogP contribution is -2.48. The number of halogens is 3. The van der Waals surface area contributed by atoms with Crippen LogP contribution in [-0.4, -0.2) is 37.0 Å². The topological polar surface area (TPSA) is 58.7 Å². The van der Waals surface area contributed by atoms with Gasteiger partial charge in [-0.25, -0.2) is 0 Å². The molecule has 0 bridgehead atoms. The van der Waals surface area contributed by atoms with E-state index in [-0.39, 0.29) is 30.9 Å². The summed E-state index contributed by atoms with van der Waals surface area (Å²) in [6.07, 6.45) is -4.84. The molecule has 3 N–H and O–H groups in total. The Morgan fingerprint density at radius 2 is 2.10 bits per heavy atom. The van der Waals surface area contributed by atoms with E-state index in [1.807, 2.05) is 11.8 Å². The van der Waals surface area contributed by atoms with E-state index in [1.54, 1.807) is 0 Å². The van der Waals surface area contributed by atoms with Crippen molar-refractivity contribution < 1.29 is 23.0 Å². The Balaban J connectivity index is 2.28. The quantitative estimate of drug-likeness (QED) is 0.893. The maximum Gasteiger partial charge on any atom is 0.416 e. The van der Waals surface area contributed by atoms with Gasteiger partial charge in [-0.3, -0.25) is 0 Å². The molecule has 118 valence electrons. The number of ether oxygens (including phenoxy) is 1. The van der Waals surface area contributed by atoms with E-state index in [0.29, 0.717) is 18.8 Å². The molecule has 1 aliphatic heterocycles. The first kappa shape index (κ1) is 16.1. The average Bonchev–Trinajstić information content (AvgIpc) is 2.44. The first-order valence-corrected chi connectivity index (χ1v) is 6.76. The Labute approximate surface area is 121 Å². The summed E-state index contributed by atoms with van der Waals surface area (Å²) in [4.78, 5) is 1.91. The Bertz CT molecular complexity index is 494. The number of nitrogens with two attached hydrogens (primary N) is 1. The highest BCUT2D eigenvalue weighted by Gasteiger charge is 2.33. The second-order valence-corrected chi connectivity index (χ2v) is 5.20. The molecule has 7 heteroatoms. The first-order chi connectivity index (χ1) is 9.85. The van der Waals surface area contributed by atoms with E-state index in [4.69, 9.17) is 10.5 Å². The molecule has 0 radical (unpaired) electrons. The molecule has 1 aromatic rings. The first-order valence-electron chi connectivity index (χ1n) is 6.76. The number of hydrogen-bond donors (Lipinski definition) is 2. The van der Waals surface area contributed by atoms with Gasteiger partial charge in [0, 0.05) is 25.3 Å². The van der Waals surface area contributed by atoms with Crippen molar-refractivity contribution in [3.63, 3.8) is 0 Å². The highest BCUT2D eigenvalue weighted by molar-refractivity contribution is 5.52. The monoisotopic (exact) mass is 304 g/mol. The van der Waals surface area contributed by atoms with Crippen LogP contribution in [0.15, 0.2) is 18.2 Å². The Hall–Kier alpha value is -1.31. The smallest absolute Gasteiger partial charge is 0.394 e. The minimum atomic E-state index is -4.40. The predicted octanol–water partition coefficient (Wildman–Crippen LogP) is 1.75. The molecule has 1 aromatic carbocycles. The number of rotatable bonds is 3. The van der Waals surface area contributed by atoms with Crippen LogP contribution in [0.1, 0.15) is 18.1 Å². The summed E-state index contributed by atoms with van der Waals surface area (Å²) in [5, 5.41) is 9.20. The molecule has 2 unspecified atom stereocenters. The molecule has 1 saturated heterocycles. The lowest BCUT2D eigenvalue weighted by molar-refractivity contribution is -0.138. The lowest BCUT2D eigenvalue weighted by atomic mass is 10.0. The Morgan fingerprint density at radius 3 is 2.67 bits per heavy atom. The molecule has 0 saturated carbocycles. The SMILES string of the molecule is CC1CN(c2ccc(C(F)(F)F)c(CN)c2)CC(CO)O1. The highest BCUT2D eigenvalue weighted by Crippen LogP contribution is 2.34. The zero-order valence-corrected chi connectivity index (χ0v) is 11.7. The summed E-state index contributed by atoms with van der Waals surface area (Å²) in [7, 11) is 0. The van der Waals surface area contributed by atoms with Crippen LogP contribution in [0.4, 0.5) is 18.9 Å². The summed E-state index contributed by atoms with van der Waals surface area (Å²) in [6, 6.07) is 3.97. The molecule has 0 aliphatic carbocycles. The lowest BCUT2D eigenvalue weighted by Gasteiger charge is -2.37. The van der Waals surface area contributed by atoms with Gasteiger partial charge >= 0.3 is 6.18 Å². The van der Waals surface area contributed by atoms with Crippen molar-refractivity contribution >= 4 is 5.69 Å². The maximum absolute atomic E-state index is 12.9. The van der Waals surface area contributed by atoms with E-state index >= 15 is 0 Å². The average molecular weight is 304 g/mol. The molecule has 0 amide bonds. The number of hydrogen-bond acceptors (Lipinski definition) is 4. The van der Waals surface area contributed by atoms with Crippen molar-refractivity contribution in [3.8, 4) is 0 Å². The summed E-state index contributed by atoms with van der Waals surface area (Å²) >= 11 is 0. The molecule has 1 aliphatic rings. The second-order valence-electron chi connectivity index (χ2n) is 5.20. The Kier molecular flexibility index (Phi) is 4.75. The summed E-state index contributed by atoms with van der Waals surface area (Å²) in [6.45, 7) is 2.57. The number of aliphatic hydroxyl groups excluding tert-OH is 1. The molecule has 2 rings (SSSR count). The molecule has 1 heterocycles. The van der Waals surface area contributed by atoms with Gasteiger partial charge in [0.2, 0.25) is 0 Å². The van der Waals surface area contributed by atoms with Crippen LogP contribution in [0.5, 0.6) is 0 Å². The van der Waals surface area contributed by atoms with E-state index in [9.17, 15) is 18.3 Å². The minimum Gasteiger partial charge on any atom is -0.394 e. The summed E-state index contributed by atoms with van der Waals surface area (Å²) in [5.41, 5.74) is 5.48. The van der Waals surface area contributed by atoms with Gasteiger partial charge in [-0.1, -0.05) is 0 Å². The fraction of sp³-hybridized carbons (Fsp3) is 0.571. The van der Waals surface area contributed by atoms with Crippen LogP contribution in [0.25, 0.3) is 0 Å². The summed E-state index contributed by atoms with van der Waals surface area (Å²) < 4.78 is 44.1. The van der Waals surface area contributed by atoms with Crippen LogP contribution >= 0.6 is 0 Å². The molecular formula is C14H19F3N2O2. The number of morpholine rings is 1. The van der Waals surface area contributed by atoms with Gasteiger partial charge in [0.25, 0.3) is 0 Å². The predicted molar refractivity (Wildman–Crippen MR) is 73.0 cm³/mol. The highest BCUT2D eigenvalue weighted by atomic mass is 19.4. The summed E-state index contributed by atoms with van der Waals surface area (Å²) in [5.74, 6) is 0. The Morgan fingerprint density at radius 1 is 1.38 bits per heavy atom. The van der Waals surface area contributed by atoms with Crippen molar-refractivity contribution in [2.75, 3.05) is 24.6 Å². The number of aliphatic hydroxyl groups is 1. The molecule has 0 spiro atoms. The van der Waals surface area contributed by atoms with E-state index in [1.165, 1.54) is 12.1 Å². The van der Waals surface area contributed by atoms with Crippen LogP contribution in [0, 0.1) is 0 Å². The van der Waals surface area contributed by atoms with Crippen molar-refractivity contribution in [3.05, 3.63) is 29.3 Å². The molecule has 0 aromatic heterocycles. The van der Waals surface area contributed by atoms with Crippen LogP contribution in [0.3, 0.4) is 0 Å². The minimum absolute atomic E-state index is 0.0692. The van der Waals surface area contributed by atoms with Crippen molar-refractivity contribution in [2.45, 2.75) is 31.9 Å². The molecule has 1 fully saturated rings. The van der Waals surface area contributed by atoms with Crippen LogP contribution < -0.4 is 10.6 Å². The van der Waals surface area contributed by atoms with Crippen LogP contribution in [0.2, 0.25) is 0 Å². The second kappa shape index (κ2) is 6.21. The fourth-order valence-electron chi connectivity index (χ4n) is 2.58. The molecule has 4 nitrogen and oxygen atoms in total. The van der Waals surface area contributed by atoms with Gasteiger partial charge in [-0.15, -0.1) is 0 Å². The van der Waals surface area contributed by atoms with Crippen molar-refractivity contribution in [2.24, 2.45) is 5.73 Å². The van der Waals surface area contributed by atoms with Gasteiger partial charge in [-0.05, 0) is 30.7 Å². The van der Waals surface area contributed by atoms with E-state index in [0.717, 1.165) is 6.07 Å². The van der Waals surface area contributed by atoms with Crippen LogP contribution in [-0.2, 0) is 17.5 Å². The zero-order valence-electron chi connectivity index (χ0n) is 11.7.